The molecule has 2 heterocycles. The molecule has 0 unspecified atom stereocenters. The average molecular weight is 454 g/mol. The van der Waals surface area contributed by atoms with Crippen LogP contribution in [-0.2, 0) is 16.0 Å². The normalized spacial score (nSPS) is 15.2. The largest absolute Gasteiger partial charge is 0.467 e. The predicted octanol–water partition coefficient (Wildman–Crippen LogP) is 4.16. The fraction of sp³-hybridized carbons (Fsp3) is 0.182. The number of fused-ring (bicyclic) bond motifs is 2. The van der Waals surface area contributed by atoms with Crippen LogP contribution in [0.15, 0.2) is 56.8 Å². The minimum atomic E-state index is -0.660. The van der Waals surface area contributed by atoms with Crippen molar-refractivity contribution in [2.75, 3.05) is 12.9 Å². The molecule has 0 radical (unpaired) electrons. The zero-order chi connectivity index (χ0) is 19.8. The van der Waals surface area contributed by atoms with Crippen molar-refractivity contribution in [2.24, 2.45) is 0 Å². The first-order chi connectivity index (χ1) is 13.6. The van der Waals surface area contributed by atoms with Crippen molar-refractivity contribution in [1.82, 2.24) is 4.57 Å². The van der Waals surface area contributed by atoms with Crippen LogP contribution in [0, 0.1) is 12.3 Å². The molecule has 0 aliphatic carbocycles. The summed E-state index contributed by atoms with van der Waals surface area (Å²) in [6.45, 7) is 0. The molecule has 1 aliphatic rings. The molecule has 0 spiro atoms. The van der Waals surface area contributed by atoms with Crippen LogP contribution >= 0.6 is 27.7 Å². The van der Waals surface area contributed by atoms with Gasteiger partial charge in [0, 0.05) is 12.2 Å². The number of carbonyl (C=O) groups excluding carboxylic acids is 1. The average Bonchev–Trinajstić information content (AvgIpc) is 3.16. The number of thioether (sulfide) groups is 1. The molecule has 1 atom stereocenters. The van der Waals surface area contributed by atoms with Crippen LogP contribution in [0.4, 0.5) is 0 Å². The lowest BCUT2D eigenvalue weighted by molar-refractivity contribution is -0.143. The van der Waals surface area contributed by atoms with Crippen molar-refractivity contribution in [2.45, 2.75) is 17.5 Å². The van der Waals surface area contributed by atoms with Crippen LogP contribution in [0.2, 0.25) is 0 Å². The van der Waals surface area contributed by atoms with Crippen molar-refractivity contribution < 1.29 is 9.53 Å². The number of pyridine rings is 1. The number of rotatable bonds is 3. The molecule has 140 valence electrons. The van der Waals surface area contributed by atoms with E-state index in [1.54, 1.807) is 0 Å². The molecule has 28 heavy (non-hydrogen) atoms. The summed E-state index contributed by atoms with van der Waals surface area (Å²) in [5.74, 6) is 2.74. The number of ether oxygens (including phenoxy) is 1. The van der Waals surface area contributed by atoms with Gasteiger partial charge in [-0.2, -0.15) is 0 Å². The van der Waals surface area contributed by atoms with E-state index in [-0.39, 0.29) is 5.56 Å². The first-order valence-corrected chi connectivity index (χ1v) is 10.5. The fourth-order valence-electron chi connectivity index (χ4n) is 3.60. The number of nitrogens with zero attached hydrogens (tertiary/aromatic N) is 1. The third kappa shape index (κ3) is 2.95. The number of benzene rings is 2. The number of esters is 1. The Morgan fingerprint density at radius 1 is 1.32 bits per heavy atom. The Morgan fingerprint density at radius 2 is 2.07 bits per heavy atom. The highest BCUT2D eigenvalue weighted by Crippen LogP contribution is 2.38. The third-order valence-electron chi connectivity index (χ3n) is 4.96. The lowest BCUT2D eigenvalue weighted by Gasteiger charge is -2.17. The van der Waals surface area contributed by atoms with Crippen molar-refractivity contribution in [1.29, 1.82) is 0 Å². The SMILES string of the molecule is C#Cc1c(Cc2cccc3ccccc23)c(Br)c(=O)n2c1SC[C@H]2C(=O)OC. The van der Waals surface area contributed by atoms with Crippen LogP contribution in [-0.4, -0.2) is 23.4 Å². The lowest BCUT2D eigenvalue weighted by Crippen LogP contribution is -2.31. The Balaban J connectivity index is 1.90. The number of methoxy groups -OCH3 is 1. The van der Waals surface area contributed by atoms with Crippen LogP contribution in [0.1, 0.15) is 22.7 Å². The van der Waals surface area contributed by atoms with E-state index in [2.05, 4.69) is 40.0 Å². The minimum absolute atomic E-state index is 0.260. The Labute approximate surface area is 175 Å². The zero-order valence-electron chi connectivity index (χ0n) is 15.1. The van der Waals surface area contributed by atoms with E-state index in [4.69, 9.17) is 11.2 Å². The van der Waals surface area contributed by atoms with Crippen molar-refractivity contribution >= 4 is 44.4 Å². The molecule has 0 saturated carbocycles. The highest BCUT2D eigenvalue weighted by Gasteiger charge is 2.34. The maximum absolute atomic E-state index is 13.1. The molecule has 0 amide bonds. The van der Waals surface area contributed by atoms with Crippen LogP contribution in [0.5, 0.6) is 0 Å². The predicted molar refractivity (Wildman–Crippen MR) is 115 cm³/mol. The molecule has 2 aromatic carbocycles. The van der Waals surface area contributed by atoms with Crippen LogP contribution < -0.4 is 5.56 Å². The molecular formula is C22H16BrNO3S. The Kier molecular flexibility index (Phi) is 5.05. The Bertz CT molecular complexity index is 1200. The van der Waals surface area contributed by atoms with Gasteiger partial charge in [0.2, 0.25) is 0 Å². The summed E-state index contributed by atoms with van der Waals surface area (Å²) in [6.07, 6.45) is 6.37. The van der Waals surface area contributed by atoms with Crippen LogP contribution in [0.25, 0.3) is 10.8 Å². The van der Waals surface area contributed by atoms with E-state index >= 15 is 0 Å². The molecule has 1 aromatic heterocycles. The quantitative estimate of drug-likeness (QED) is 0.441. The lowest BCUT2D eigenvalue weighted by atomic mass is 9.96. The fourth-order valence-corrected chi connectivity index (χ4v) is 5.41. The first-order valence-electron chi connectivity index (χ1n) is 8.67. The summed E-state index contributed by atoms with van der Waals surface area (Å²) < 4.78 is 6.71. The summed E-state index contributed by atoms with van der Waals surface area (Å²) in [5, 5.41) is 2.92. The standard InChI is InChI=1S/C22H16BrNO3S/c1-3-15-17(11-14-9-6-8-13-7-4-5-10-16(13)14)19(23)20(25)24-18(22(26)27-2)12-28-21(15)24/h1,4-10,18H,11-12H2,2H3/t18-/m0/s1. The van der Waals surface area contributed by atoms with Gasteiger partial charge < -0.3 is 4.74 Å². The number of aromatic nitrogens is 1. The van der Waals surface area contributed by atoms with Gasteiger partial charge in [-0.15, -0.1) is 18.2 Å². The number of terminal acetylenes is 1. The van der Waals surface area contributed by atoms with Crippen molar-refractivity contribution in [3.8, 4) is 12.3 Å². The minimum Gasteiger partial charge on any atom is -0.467 e. The second kappa shape index (κ2) is 7.50. The second-order valence-electron chi connectivity index (χ2n) is 6.46. The summed E-state index contributed by atoms with van der Waals surface area (Å²) in [4.78, 5) is 25.2. The number of hydrogen-bond donors (Lipinski definition) is 0. The van der Waals surface area contributed by atoms with Gasteiger partial charge in [0.1, 0.15) is 6.04 Å². The van der Waals surface area contributed by atoms with Gasteiger partial charge in [-0.1, -0.05) is 48.4 Å². The van der Waals surface area contributed by atoms with Crippen LogP contribution in [0.3, 0.4) is 0 Å². The van der Waals surface area contributed by atoms with E-state index in [9.17, 15) is 9.59 Å². The van der Waals surface area contributed by atoms with Gasteiger partial charge in [0.05, 0.1) is 22.2 Å². The van der Waals surface area contributed by atoms with Gasteiger partial charge in [0.15, 0.2) is 0 Å². The van der Waals surface area contributed by atoms with Gasteiger partial charge in [-0.25, -0.2) is 4.79 Å². The van der Waals surface area contributed by atoms with E-state index in [1.807, 2.05) is 24.3 Å². The molecule has 4 nitrogen and oxygen atoms in total. The second-order valence-corrected chi connectivity index (χ2v) is 8.26. The maximum Gasteiger partial charge on any atom is 0.329 e. The van der Waals surface area contributed by atoms with E-state index in [1.165, 1.54) is 23.4 Å². The Morgan fingerprint density at radius 3 is 2.82 bits per heavy atom. The molecule has 0 fully saturated rings. The number of hydrogen-bond acceptors (Lipinski definition) is 4. The number of carbonyl (C=O) groups is 1. The highest BCUT2D eigenvalue weighted by molar-refractivity contribution is 9.10. The summed E-state index contributed by atoms with van der Waals surface area (Å²) in [6, 6.07) is 13.6. The molecule has 0 bridgehead atoms. The van der Waals surface area contributed by atoms with Gasteiger partial charge >= 0.3 is 5.97 Å². The van der Waals surface area contributed by atoms with E-state index < -0.39 is 12.0 Å². The molecule has 6 heteroatoms. The zero-order valence-corrected chi connectivity index (χ0v) is 17.5. The van der Waals surface area contributed by atoms with Crippen molar-refractivity contribution in [3.63, 3.8) is 0 Å². The summed E-state index contributed by atoms with van der Waals surface area (Å²) in [5.41, 5.74) is 2.25. The highest BCUT2D eigenvalue weighted by atomic mass is 79.9. The van der Waals surface area contributed by atoms with E-state index in [0.717, 1.165) is 21.9 Å². The maximum atomic E-state index is 13.1. The summed E-state index contributed by atoms with van der Waals surface area (Å²) >= 11 is 4.88. The molecule has 4 rings (SSSR count). The Hall–Kier alpha value is -2.49. The third-order valence-corrected chi connectivity index (χ3v) is 6.93. The molecule has 0 N–H and O–H groups in total. The molecule has 1 aliphatic heterocycles. The summed E-state index contributed by atoms with van der Waals surface area (Å²) in [7, 11) is 1.32. The van der Waals surface area contributed by atoms with Gasteiger partial charge in [-0.3, -0.25) is 9.36 Å². The smallest absolute Gasteiger partial charge is 0.329 e. The molecule has 3 aromatic rings. The monoisotopic (exact) mass is 453 g/mol. The van der Waals surface area contributed by atoms with Crippen molar-refractivity contribution in [3.05, 3.63) is 74.0 Å². The molecular weight excluding hydrogens is 438 g/mol. The van der Waals surface area contributed by atoms with E-state index in [0.29, 0.717) is 27.2 Å². The van der Waals surface area contributed by atoms with Gasteiger partial charge in [-0.05, 0) is 37.8 Å². The topological polar surface area (TPSA) is 48.3 Å². The number of halogens is 1. The molecule has 0 saturated heterocycles. The first kappa shape index (κ1) is 18.9. The van der Waals surface area contributed by atoms with Gasteiger partial charge in [0.25, 0.3) is 5.56 Å².